The van der Waals surface area contributed by atoms with Gasteiger partial charge in [0.05, 0.1) is 6.20 Å². The molecule has 2 aliphatic rings. The van der Waals surface area contributed by atoms with Gasteiger partial charge in [0.2, 0.25) is 16.2 Å². The minimum atomic E-state index is -2.35. The third-order valence-electron chi connectivity index (χ3n) is 1.73. The summed E-state index contributed by atoms with van der Waals surface area (Å²) in [4.78, 5) is 19.9. The molecule has 2 rings (SSSR count). The predicted molar refractivity (Wildman–Crippen MR) is 53.8 cm³/mol. The van der Waals surface area contributed by atoms with Crippen LogP contribution in [0, 0.1) is 0 Å². The zero-order chi connectivity index (χ0) is 10.8. The molecule has 78 valence electrons. The summed E-state index contributed by atoms with van der Waals surface area (Å²) in [5.74, 6) is 0.124. The molecule has 1 amide bonds. The first kappa shape index (κ1) is 9.59. The van der Waals surface area contributed by atoms with Crippen molar-refractivity contribution < 1.29 is 13.2 Å². The summed E-state index contributed by atoms with van der Waals surface area (Å²) in [7, 11) is -2.35. The third kappa shape index (κ3) is 1.94. The van der Waals surface area contributed by atoms with Crippen LogP contribution in [0.4, 0.5) is 0 Å². The maximum Gasteiger partial charge on any atom is 0.246 e. The molecule has 8 heteroatoms. The van der Waals surface area contributed by atoms with Gasteiger partial charge in [0.15, 0.2) is 5.84 Å². The fourth-order valence-electron chi connectivity index (χ4n) is 1.19. The van der Waals surface area contributed by atoms with Crippen molar-refractivity contribution >= 4 is 33.9 Å². The summed E-state index contributed by atoms with van der Waals surface area (Å²) in [6.07, 6.45) is 2.71. The van der Waals surface area contributed by atoms with Crippen molar-refractivity contribution in [3.63, 3.8) is 0 Å². The minimum Gasteiger partial charge on any atom is -0.320 e. The van der Waals surface area contributed by atoms with E-state index in [1.807, 2.05) is 0 Å². The molecule has 0 spiro atoms. The van der Waals surface area contributed by atoms with Crippen molar-refractivity contribution in [2.75, 3.05) is 6.54 Å². The largest absolute Gasteiger partial charge is 0.320 e. The molecule has 0 radical (unpaired) electrons. The van der Waals surface area contributed by atoms with Gasteiger partial charge >= 0.3 is 0 Å². The van der Waals surface area contributed by atoms with Crippen LogP contribution in [-0.4, -0.2) is 43.4 Å². The van der Waals surface area contributed by atoms with E-state index >= 15 is 0 Å². The van der Waals surface area contributed by atoms with Gasteiger partial charge < -0.3 is 5.32 Å². The predicted octanol–water partition coefficient (Wildman–Crippen LogP) is -1.66. The molecule has 0 saturated carbocycles. The van der Waals surface area contributed by atoms with E-state index in [0.717, 1.165) is 5.49 Å². The van der Waals surface area contributed by atoms with E-state index < -0.39 is 10.3 Å². The van der Waals surface area contributed by atoms with Gasteiger partial charge in [-0.3, -0.25) is 14.7 Å². The van der Waals surface area contributed by atoms with Crippen molar-refractivity contribution in [3.05, 3.63) is 11.9 Å². The van der Waals surface area contributed by atoms with Crippen molar-refractivity contribution in [2.24, 2.45) is 9.98 Å². The van der Waals surface area contributed by atoms with Gasteiger partial charge in [-0.15, -0.1) is 0 Å². The van der Waals surface area contributed by atoms with Crippen LogP contribution in [0.3, 0.4) is 0 Å². The van der Waals surface area contributed by atoms with Gasteiger partial charge in [-0.05, 0) is 0 Å². The fourth-order valence-corrected chi connectivity index (χ4v) is 1.53. The molecule has 7 nitrogen and oxygen atoms in total. The Balaban J connectivity index is 2.41. The SMILES string of the molecule is O=C1CN=C2C(=CN=CN2C=S(=O)=O)N1. The van der Waals surface area contributed by atoms with Crippen molar-refractivity contribution in [3.8, 4) is 0 Å². The van der Waals surface area contributed by atoms with E-state index in [1.54, 1.807) is 0 Å². The number of hydrogen-bond donors (Lipinski definition) is 1. The molecule has 0 aromatic rings. The van der Waals surface area contributed by atoms with E-state index in [-0.39, 0.29) is 12.5 Å². The normalized spacial score (nSPS) is 18.7. The van der Waals surface area contributed by atoms with Crippen LogP contribution in [0.25, 0.3) is 0 Å². The molecule has 0 bridgehead atoms. The molecule has 0 aromatic carbocycles. The Morgan fingerprint density at radius 2 is 2.33 bits per heavy atom. The summed E-state index contributed by atoms with van der Waals surface area (Å²) < 4.78 is 21.0. The monoisotopic (exact) mass is 226 g/mol. The number of aliphatic imine (C=N–C) groups is 2. The minimum absolute atomic E-state index is 0.0175. The Hall–Kier alpha value is -1.96. The van der Waals surface area contributed by atoms with Gasteiger partial charge in [0, 0.05) is 0 Å². The molecule has 0 aliphatic carbocycles. The maximum absolute atomic E-state index is 11.0. The van der Waals surface area contributed by atoms with E-state index in [1.165, 1.54) is 17.4 Å². The number of amidine groups is 1. The highest BCUT2D eigenvalue weighted by Crippen LogP contribution is 2.07. The average molecular weight is 226 g/mol. The quantitative estimate of drug-likeness (QED) is 0.542. The zero-order valence-corrected chi connectivity index (χ0v) is 8.23. The van der Waals surface area contributed by atoms with Crippen LogP contribution < -0.4 is 5.32 Å². The Labute approximate surface area is 86.4 Å². The summed E-state index contributed by atoms with van der Waals surface area (Å²) in [6, 6.07) is 0. The number of carbonyl (C=O) groups excluding carboxylic acids is 1. The Morgan fingerprint density at radius 3 is 3.07 bits per heavy atom. The first-order valence-corrected chi connectivity index (χ1v) is 5.10. The summed E-state index contributed by atoms with van der Waals surface area (Å²) >= 11 is 0. The number of hydrogen-bond acceptors (Lipinski definition) is 5. The molecular formula is C7H6N4O3S. The Bertz CT molecular complexity index is 520. The molecule has 1 N–H and O–H groups in total. The highest BCUT2D eigenvalue weighted by atomic mass is 32.2. The second-order valence-electron chi connectivity index (χ2n) is 2.77. The molecule has 0 saturated heterocycles. The number of rotatable bonds is 1. The lowest BCUT2D eigenvalue weighted by molar-refractivity contribution is -0.119. The number of nitrogens with one attached hydrogen (secondary N) is 1. The molecule has 2 heterocycles. The second kappa shape index (κ2) is 3.65. The van der Waals surface area contributed by atoms with Crippen molar-refractivity contribution in [1.82, 2.24) is 10.2 Å². The molecular weight excluding hydrogens is 220 g/mol. The third-order valence-corrected chi connectivity index (χ3v) is 2.13. The zero-order valence-electron chi connectivity index (χ0n) is 7.41. The average Bonchev–Trinajstić information content (AvgIpc) is 2.16. The highest BCUT2D eigenvalue weighted by molar-refractivity contribution is 7.71. The van der Waals surface area contributed by atoms with Crippen LogP contribution in [0.2, 0.25) is 0 Å². The van der Waals surface area contributed by atoms with Gasteiger partial charge in [-0.1, -0.05) is 0 Å². The van der Waals surface area contributed by atoms with E-state index in [0.29, 0.717) is 11.5 Å². The number of fused-ring (bicyclic) bond motifs is 1. The molecule has 0 fully saturated rings. The van der Waals surface area contributed by atoms with Gasteiger partial charge in [0.1, 0.15) is 24.1 Å². The van der Waals surface area contributed by atoms with Gasteiger partial charge in [-0.25, -0.2) is 4.99 Å². The van der Waals surface area contributed by atoms with Crippen molar-refractivity contribution in [1.29, 1.82) is 0 Å². The van der Waals surface area contributed by atoms with E-state index in [4.69, 9.17) is 0 Å². The lowest BCUT2D eigenvalue weighted by Crippen LogP contribution is -2.43. The van der Waals surface area contributed by atoms with Gasteiger partial charge in [0.25, 0.3) is 0 Å². The van der Waals surface area contributed by atoms with Gasteiger partial charge in [-0.2, -0.15) is 8.42 Å². The molecule has 0 unspecified atom stereocenters. The topological polar surface area (TPSA) is 91.2 Å². The Kier molecular flexibility index (Phi) is 2.34. The second-order valence-corrected chi connectivity index (χ2v) is 3.50. The maximum atomic E-state index is 11.0. The fraction of sp³-hybridized carbons (Fsp3) is 0.143. The summed E-state index contributed by atoms with van der Waals surface area (Å²) in [5.41, 5.74) is 1.32. The first-order valence-electron chi connectivity index (χ1n) is 3.96. The summed E-state index contributed by atoms with van der Waals surface area (Å²) in [6.45, 7) is -0.0175. The lowest BCUT2D eigenvalue weighted by atomic mass is 10.3. The van der Waals surface area contributed by atoms with Crippen LogP contribution in [0.5, 0.6) is 0 Å². The smallest absolute Gasteiger partial charge is 0.246 e. The van der Waals surface area contributed by atoms with Crippen LogP contribution in [0.1, 0.15) is 0 Å². The standard InChI is InChI=1S/C7H6N4O3S/c12-6-2-9-7-5(10-6)1-8-3-11(7)4-15(13)14/h1,3-4H,2H2,(H,10,12). The van der Waals surface area contributed by atoms with Crippen LogP contribution >= 0.6 is 0 Å². The lowest BCUT2D eigenvalue weighted by Gasteiger charge is -2.24. The van der Waals surface area contributed by atoms with E-state index in [9.17, 15) is 13.2 Å². The van der Waals surface area contributed by atoms with Crippen molar-refractivity contribution in [2.45, 2.75) is 0 Å². The van der Waals surface area contributed by atoms with Crippen LogP contribution in [0.15, 0.2) is 21.9 Å². The number of carbonyl (C=O) groups is 1. The highest BCUT2D eigenvalue weighted by Gasteiger charge is 2.22. The molecule has 15 heavy (non-hydrogen) atoms. The molecule has 0 atom stereocenters. The first-order chi connectivity index (χ1) is 7.16. The Morgan fingerprint density at radius 1 is 1.53 bits per heavy atom. The number of amides is 1. The molecule has 2 aliphatic heterocycles. The molecule has 0 aromatic heterocycles. The summed E-state index contributed by atoms with van der Waals surface area (Å²) in [5, 5.41) is 2.54. The van der Waals surface area contributed by atoms with Crippen LogP contribution in [-0.2, 0) is 15.1 Å². The number of nitrogens with zero attached hydrogens (tertiary/aromatic N) is 3. The van der Waals surface area contributed by atoms with E-state index in [2.05, 4.69) is 15.3 Å².